The molecule has 1 saturated heterocycles. The molecule has 0 radical (unpaired) electrons. The molecule has 0 saturated carbocycles. The van der Waals surface area contributed by atoms with Crippen LogP contribution in [-0.2, 0) is 16.1 Å². The Balaban J connectivity index is 1.65. The molecule has 1 heterocycles. The zero-order valence-electron chi connectivity index (χ0n) is 17.8. The summed E-state index contributed by atoms with van der Waals surface area (Å²) in [5, 5.41) is 3.27. The largest absolute Gasteiger partial charge is 0.491 e. The topological polar surface area (TPSA) is 67.9 Å². The summed E-state index contributed by atoms with van der Waals surface area (Å²) in [4.78, 5) is 26.3. The van der Waals surface area contributed by atoms with E-state index in [9.17, 15) is 9.59 Å². The first kappa shape index (κ1) is 22.7. The lowest BCUT2D eigenvalue weighted by molar-refractivity contribution is -0.133. The first-order chi connectivity index (χ1) is 15.0. The maximum atomic E-state index is 12.4. The van der Waals surface area contributed by atoms with Gasteiger partial charge in [0.15, 0.2) is 11.5 Å². The smallest absolute Gasteiger partial charge is 0.248 e. The summed E-state index contributed by atoms with van der Waals surface area (Å²) in [6, 6.07) is 11.0. The van der Waals surface area contributed by atoms with Crippen molar-refractivity contribution in [3.63, 3.8) is 0 Å². The molecule has 1 fully saturated rings. The molecule has 0 bridgehead atoms. The number of hydrogen-bond donors (Lipinski definition) is 1. The van der Waals surface area contributed by atoms with Crippen LogP contribution in [0.1, 0.15) is 37.3 Å². The van der Waals surface area contributed by atoms with Gasteiger partial charge in [0, 0.05) is 31.3 Å². The van der Waals surface area contributed by atoms with E-state index in [1.54, 1.807) is 18.2 Å². The summed E-state index contributed by atoms with van der Waals surface area (Å²) in [5.74, 6) is 0.913. The van der Waals surface area contributed by atoms with E-state index in [0.717, 1.165) is 30.5 Å². The number of amides is 2. The van der Waals surface area contributed by atoms with E-state index in [1.165, 1.54) is 13.2 Å². The molecule has 1 aliphatic heterocycles. The highest BCUT2D eigenvalue weighted by Gasteiger charge is 2.18. The number of likely N-dealkylation sites (tertiary alicyclic amines) is 1. The number of methoxy groups -OCH3 is 1. The Morgan fingerprint density at radius 2 is 2.10 bits per heavy atom. The van der Waals surface area contributed by atoms with Crippen molar-refractivity contribution in [3.8, 4) is 11.5 Å². The molecule has 1 N–H and O–H groups in total. The van der Waals surface area contributed by atoms with E-state index in [-0.39, 0.29) is 11.8 Å². The van der Waals surface area contributed by atoms with Crippen LogP contribution in [0.3, 0.4) is 0 Å². The number of piperidine rings is 1. The van der Waals surface area contributed by atoms with E-state index < -0.39 is 0 Å². The Morgan fingerprint density at radius 1 is 1.26 bits per heavy atom. The average Bonchev–Trinajstić information content (AvgIpc) is 2.74. The molecule has 0 aromatic heterocycles. The van der Waals surface area contributed by atoms with Gasteiger partial charge in [0.1, 0.15) is 0 Å². The second-order valence-electron chi connectivity index (χ2n) is 7.26. The lowest BCUT2D eigenvalue weighted by Crippen LogP contribution is -2.34. The van der Waals surface area contributed by atoms with Gasteiger partial charge in [-0.2, -0.15) is 0 Å². The van der Waals surface area contributed by atoms with Crippen LogP contribution in [0.4, 0.5) is 5.69 Å². The van der Waals surface area contributed by atoms with Crippen molar-refractivity contribution in [3.05, 3.63) is 58.6 Å². The highest BCUT2D eigenvalue weighted by Crippen LogP contribution is 2.36. The van der Waals surface area contributed by atoms with Gasteiger partial charge in [0.05, 0.1) is 18.7 Å². The molecule has 1 aliphatic rings. The first-order valence-electron chi connectivity index (χ1n) is 10.4. The van der Waals surface area contributed by atoms with Gasteiger partial charge in [-0.15, -0.1) is 0 Å². The fourth-order valence-corrected chi connectivity index (χ4v) is 3.79. The Hall–Kier alpha value is -2.99. The van der Waals surface area contributed by atoms with Crippen molar-refractivity contribution in [1.29, 1.82) is 0 Å². The number of nitrogens with zero attached hydrogens (tertiary/aromatic N) is 1. The van der Waals surface area contributed by atoms with Crippen molar-refractivity contribution in [2.24, 2.45) is 0 Å². The molecule has 164 valence electrons. The second kappa shape index (κ2) is 10.9. The molecule has 7 heteroatoms. The van der Waals surface area contributed by atoms with Crippen LogP contribution in [0.25, 0.3) is 6.08 Å². The minimum absolute atomic E-state index is 0.188. The Labute approximate surface area is 187 Å². The number of carbonyl (C=O) groups excluding carboxylic acids is 2. The lowest BCUT2D eigenvalue weighted by Gasteiger charge is -2.26. The zero-order valence-corrected chi connectivity index (χ0v) is 18.6. The summed E-state index contributed by atoms with van der Waals surface area (Å²) in [6.07, 6.45) is 5.71. The highest BCUT2D eigenvalue weighted by molar-refractivity contribution is 6.32. The van der Waals surface area contributed by atoms with Crippen LogP contribution in [-0.4, -0.2) is 37.0 Å². The number of carbonyl (C=O) groups is 2. The summed E-state index contributed by atoms with van der Waals surface area (Å²) >= 11 is 6.26. The van der Waals surface area contributed by atoms with Crippen LogP contribution in [0, 0.1) is 0 Å². The van der Waals surface area contributed by atoms with Crippen molar-refractivity contribution in [1.82, 2.24) is 4.90 Å². The summed E-state index contributed by atoms with van der Waals surface area (Å²) < 4.78 is 10.8. The van der Waals surface area contributed by atoms with Gasteiger partial charge in [0.2, 0.25) is 11.8 Å². The number of anilines is 1. The van der Waals surface area contributed by atoms with E-state index in [1.807, 2.05) is 36.1 Å². The standard InChI is InChI=1S/C24H27ClN2O4/c1-3-31-21-15-17(14-20(25)24(21)30-2)10-11-22(28)26-19-8-6-7-18(13-19)16-27-12-5-4-9-23(27)29/h6-8,10-11,13-15H,3-5,9,12,16H2,1-2H3,(H,26,28)/b11-10+. The average molecular weight is 443 g/mol. The Kier molecular flexibility index (Phi) is 7.95. The second-order valence-corrected chi connectivity index (χ2v) is 7.67. The summed E-state index contributed by atoms with van der Waals surface area (Å²) in [6.45, 7) is 3.69. The maximum absolute atomic E-state index is 12.4. The number of hydrogen-bond acceptors (Lipinski definition) is 4. The van der Waals surface area contributed by atoms with Gasteiger partial charge in [-0.3, -0.25) is 9.59 Å². The molecule has 31 heavy (non-hydrogen) atoms. The molecule has 0 spiro atoms. The van der Waals surface area contributed by atoms with Crippen LogP contribution < -0.4 is 14.8 Å². The van der Waals surface area contributed by atoms with E-state index in [0.29, 0.717) is 41.8 Å². The molecule has 0 unspecified atom stereocenters. The number of halogens is 1. The minimum atomic E-state index is -0.268. The Bertz CT molecular complexity index is 974. The van der Waals surface area contributed by atoms with Crippen LogP contribution in [0.15, 0.2) is 42.5 Å². The molecule has 2 amide bonds. The first-order valence-corrected chi connectivity index (χ1v) is 10.7. The third kappa shape index (κ3) is 6.25. The molecule has 2 aromatic rings. The maximum Gasteiger partial charge on any atom is 0.248 e. The van der Waals surface area contributed by atoms with Crippen molar-refractivity contribution in [2.75, 3.05) is 25.6 Å². The molecule has 3 rings (SSSR count). The molecule has 6 nitrogen and oxygen atoms in total. The van der Waals surface area contributed by atoms with Gasteiger partial charge in [-0.05, 0) is 61.2 Å². The fraction of sp³-hybridized carbons (Fsp3) is 0.333. The van der Waals surface area contributed by atoms with E-state index >= 15 is 0 Å². The van der Waals surface area contributed by atoms with Gasteiger partial charge in [-0.25, -0.2) is 0 Å². The molecule has 0 aliphatic carbocycles. The van der Waals surface area contributed by atoms with Crippen molar-refractivity contribution >= 4 is 35.2 Å². The van der Waals surface area contributed by atoms with Crippen molar-refractivity contribution < 1.29 is 19.1 Å². The van der Waals surface area contributed by atoms with Gasteiger partial charge >= 0.3 is 0 Å². The number of benzene rings is 2. The SMILES string of the molecule is CCOc1cc(/C=C/C(=O)Nc2cccc(CN3CCCCC3=O)c2)cc(Cl)c1OC. The van der Waals surface area contributed by atoms with Gasteiger partial charge in [0.25, 0.3) is 0 Å². The number of nitrogens with one attached hydrogen (secondary N) is 1. The predicted molar refractivity (Wildman–Crippen MR) is 123 cm³/mol. The van der Waals surface area contributed by atoms with Gasteiger partial charge < -0.3 is 19.7 Å². The molecular formula is C24H27ClN2O4. The fourth-order valence-electron chi connectivity index (χ4n) is 3.50. The normalized spacial score (nSPS) is 14.0. The monoisotopic (exact) mass is 442 g/mol. The molecule has 2 aromatic carbocycles. The van der Waals surface area contributed by atoms with E-state index in [4.69, 9.17) is 21.1 Å². The van der Waals surface area contributed by atoms with Gasteiger partial charge in [-0.1, -0.05) is 23.7 Å². The predicted octanol–water partition coefficient (Wildman–Crippen LogP) is 4.91. The van der Waals surface area contributed by atoms with Crippen LogP contribution in [0.5, 0.6) is 11.5 Å². The van der Waals surface area contributed by atoms with E-state index in [2.05, 4.69) is 5.32 Å². The third-order valence-corrected chi connectivity index (χ3v) is 5.23. The van der Waals surface area contributed by atoms with Crippen LogP contribution >= 0.6 is 11.6 Å². The van der Waals surface area contributed by atoms with Crippen molar-refractivity contribution in [2.45, 2.75) is 32.7 Å². The lowest BCUT2D eigenvalue weighted by atomic mass is 10.1. The number of rotatable bonds is 8. The molecule has 0 atom stereocenters. The molecular weight excluding hydrogens is 416 g/mol. The Morgan fingerprint density at radius 3 is 2.84 bits per heavy atom. The number of ether oxygens (including phenoxy) is 2. The quantitative estimate of drug-likeness (QED) is 0.589. The third-order valence-electron chi connectivity index (χ3n) is 4.95. The highest BCUT2D eigenvalue weighted by atomic mass is 35.5. The summed E-state index contributed by atoms with van der Waals surface area (Å²) in [5.41, 5.74) is 2.39. The zero-order chi connectivity index (χ0) is 22.2. The minimum Gasteiger partial charge on any atom is -0.491 e. The summed E-state index contributed by atoms with van der Waals surface area (Å²) in [7, 11) is 1.53. The van der Waals surface area contributed by atoms with Crippen LogP contribution in [0.2, 0.25) is 5.02 Å².